The molecule has 4 N–H and O–H groups in total. The van der Waals surface area contributed by atoms with Gasteiger partial charge < -0.3 is 11.5 Å². The summed E-state index contributed by atoms with van der Waals surface area (Å²) in [5.74, 6) is 0.615. The Morgan fingerprint density at radius 3 is 1.80 bits per heavy atom. The van der Waals surface area contributed by atoms with E-state index in [1.54, 1.807) is 17.3 Å². The van der Waals surface area contributed by atoms with Crippen LogP contribution in [0.3, 0.4) is 0 Å². The molecular formula is C9H14N6. The number of rotatable bonds is 3. The summed E-state index contributed by atoms with van der Waals surface area (Å²) in [6.07, 6.45) is 7.31. The van der Waals surface area contributed by atoms with Crippen LogP contribution in [0.2, 0.25) is 0 Å². The molecule has 0 bridgehead atoms. The summed E-state index contributed by atoms with van der Waals surface area (Å²) in [7, 11) is 0. The smallest absolute Gasteiger partial charge is 0.240 e. The van der Waals surface area contributed by atoms with Crippen molar-refractivity contribution in [3.05, 3.63) is 24.6 Å². The molecule has 1 aromatic rings. The van der Waals surface area contributed by atoms with E-state index in [1.165, 1.54) is 0 Å². The molecule has 6 heteroatoms. The third-order valence-corrected chi connectivity index (χ3v) is 1.51. The monoisotopic (exact) mass is 206 g/mol. The maximum atomic E-state index is 5.47. The Hall–Kier alpha value is -2.11. The first-order valence-corrected chi connectivity index (χ1v) is 4.48. The molecule has 1 aromatic heterocycles. The molecule has 0 atom stereocenters. The minimum Gasteiger partial charge on any atom is -0.368 e. The summed E-state index contributed by atoms with van der Waals surface area (Å²) >= 11 is 0. The Morgan fingerprint density at radius 1 is 0.933 bits per heavy atom. The molecule has 0 fully saturated rings. The second-order valence-corrected chi connectivity index (χ2v) is 2.72. The molecular weight excluding hydrogens is 192 g/mol. The zero-order valence-corrected chi connectivity index (χ0v) is 8.75. The van der Waals surface area contributed by atoms with Crippen LogP contribution < -0.4 is 16.4 Å². The molecule has 0 saturated carbocycles. The van der Waals surface area contributed by atoms with Crippen molar-refractivity contribution < 1.29 is 0 Å². The van der Waals surface area contributed by atoms with Crippen molar-refractivity contribution in [2.45, 2.75) is 13.8 Å². The van der Waals surface area contributed by atoms with Crippen LogP contribution >= 0.6 is 0 Å². The molecule has 1 heterocycles. The van der Waals surface area contributed by atoms with Crippen molar-refractivity contribution in [2.24, 2.45) is 0 Å². The number of nitrogens with zero attached hydrogens (tertiary/aromatic N) is 4. The Kier molecular flexibility index (Phi) is 3.61. The molecule has 0 unspecified atom stereocenters. The van der Waals surface area contributed by atoms with E-state index >= 15 is 0 Å². The van der Waals surface area contributed by atoms with Gasteiger partial charge >= 0.3 is 0 Å². The molecule has 0 amide bonds. The van der Waals surface area contributed by atoms with Crippen LogP contribution in [-0.2, 0) is 0 Å². The molecule has 0 aliphatic heterocycles. The molecule has 1 rings (SSSR count). The van der Waals surface area contributed by atoms with E-state index in [1.807, 2.05) is 26.0 Å². The highest BCUT2D eigenvalue weighted by Gasteiger charge is 2.05. The fraction of sp³-hybridized carbons (Fsp3) is 0.222. The van der Waals surface area contributed by atoms with Gasteiger partial charge in [-0.2, -0.15) is 15.0 Å². The van der Waals surface area contributed by atoms with Gasteiger partial charge in [-0.05, 0) is 13.8 Å². The van der Waals surface area contributed by atoms with Crippen molar-refractivity contribution in [3.8, 4) is 0 Å². The number of hydrogen-bond acceptors (Lipinski definition) is 6. The third-order valence-electron chi connectivity index (χ3n) is 1.51. The molecule has 0 aliphatic rings. The van der Waals surface area contributed by atoms with Crippen molar-refractivity contribution >= 4 is 17.8 Å². The SMILES string of the molecule is CC=CN(C=CC)c1nc(N)nc(N)n1. The number of allylic oxidation sites excluding steroid dienone is 2. The fourth-order valence-corrected chi connectivity index (χ4v) is 1.02. The molecule has 0 spiro atoms. The number of nitrogens with two attached hydrogens (primary N) is 2. The zero-order valence-electron chi connectivity index (χ0n) is 8.75. The molecule has 0 radical (unpaired) electrons. The quantitative estimate of drug-likeness (QED) is 0.763. The standard InChI is InChI=1S/C9H14N6/c1-3-5-15(6-4-2)9-13-7(10)12-8(11)14-9/h3-6H,1-2H3,(H4,10,11,12,13,14). The average molecular weight is 206 g/mol. The maximum absolute atomic E-state index is 5.47. The lowest BCUT2D eigenvalue weighted by atomic mass is 10.5. The van der Waals surface area contributed by atoms with Crippen LogP contribution in [0.15, 0.2) is 24.6 Å². The van der Waals surface area contributed by atoms with E-state index in [2.05, 4.69) is 15.0 Å². The van der Waals surface area contributed by atoms with Crippen LogP contribution in [0, 0.1) is 0 Å². The van der Waals surface area contributed by atoms with Crippen LogP contribution in [0.5, 0.6) is 0 Å². The van der Waals surface area contributed by atoms with E-state index < -0.39 is 0 Å². The predicted molar refractivity (Wildman–Crippen MR) is 60.8 cm³/mol. The van der Waals surface area contributed by atoms with Gasteiger partial charge in [-0.1, -0.05) is 12.2 Å². The molecule has 0 saturated heterocycles. The predicted octanol–water partition coefficient (Wildman–Crippen LogP) is 0.910. The van der Waals surface area contributed by atoms with Crippen LogP contribution in [0.4, 0.5) is 17.8 Å². The molecule has 80 valence electrons. The summed E-state index contributed by atoms with van der Waals surface area (Å²) < 4.78 is 0. The van der Waals surface area contributed by atoms with Crippen molar-refractivity contribution in [1.82, 2.24) is 15.0 Å². The normalized spacial score (nSPS) is 11.3. The Morgan fingerprint density at radius 2 is 1.40 bits per heavy atom. The second kappa shape index (κ2) is 4.94. The summed E-state index contributed by atoms with van der Waals surface area (Å²) in [4.78, 5) is 13.3. The summed E-state index contributed by atoms with van der Waals surface area (Å²) in [5.41, 5.74) is 10.9. The molecule has 6 nitrogen and oxygen atoms in total. The first kappa shape index (κ1) is 11.0. The topological polar surface area (TPSA) is 94.0 Å². The highest BCUT2D eigenvalue weighted by Crippen LogP contribution is 2.11. The lowest BCUT2D eigenvalue weighted by Gasteiger charge is -2.12. The van der Waals surface area contributed by atoms with Gasteiger partial charge in [0, 0.05) is 12.4 Å². The Bertz CT molecular complexity index is 352. The van der Waals surface area contributed by atoms with Gasteiger partial charge in [0.25, 0.3) is 0 Å². The van der Waals surface area contributed by atoms with Gasteiger partial charge in [0.05, 0.1) is 0 Å². The van der Waals surface area contributed by atoms with Gasteiger partial charge in [0.2, 0.25) is 17.8 Å². The number of anilines is 3. The van der Waals surface area contributed by atoms with Crippen molar-refractivity contribution in [3.63, 3.8) is 0 Å². The van der Waals surface area contributed by atoms with Gasteiger partial charge in [-0.15, -0.1) is 0 Å². The van der Waals surface area contributed by atoms with Gasteiger partial charge in [-0.3, -0.25) is 4.90 Å². The van der Waals surface area contributed by atoms with E-state index in [0.29, 0.717) is 5.95 Å². The third kappa shape index (κ3) is 2.94. The lowest BCUT2D eigenvalue weighted by molar-refractivity contribution is 1.02. The first-order valence-electron chi connectivity index (χ1n) is 4.48. The van der Waals surface area contributed by atoms with Gasteiger partial charge in [-0.25, -0.2) is 0 Å². The fourth-order valence-electron chi connectivity index (χ4n) is 1.02. The van der Waals surface area contributed by atoms with Gasteiger partial charge in [0.15, 0.2) is 0 Å². The summed E-state index contributed by atoms with van der Waals surface area (Å²) in [6, 6.07) is 0. The molecule has 0 aromatic carbocycles. The zero-order chi connectivity index (χ0) is 11.3. The maximum Gasteiger partial charge on any atom is 0.240 e. The number of hydrogen-bond donors (Lipinski definition) is 2. The minimum atomic E-state index is 0.108. The Labute approximate surface area is 88.3 Å². The van der Waals surface area contributed by atoms with E-state index in [9.17, 15) is 0 Å². The first-order chi connectivity index (χ1) is 7.17. The van der Waals surface area contributed by atoms with E-state index in [4.69, 9.17) is 11.5 Å². The van der Waals surface area contributed by atoms with Crippen molar-refractivity contribution in [2.75, 3.05) is 16.4 Å². The van der Waals surface area contributed by atoms with E-state index in [-0.39, 0.29) is 11.9 Å². The van der Waals surface area contributed by atoms with Gasteiger partial charge in [0.1, 0.15) is 0 Å². The number of nitrogen functional groups attached to an aromatic ring is 2. The second-order valence-electron chi connectivity index (χ2n) is 2.72. The van der Waals surface area contributed by atoms with Crippen LogP contribution in [-0.4, -0.2) is 15.0 Å². The molecule has 0 aliphatic carbocycles. The summed E-state index contributed by atoms with van der Waals surface area (Å²) in [6.45, 7) is 3.79. The Balaban J connectivity index is 3.10. The van der Waals surface area contributed by atoms with E-state index in [0.717, 1.165) is 0 Å². The highest BCUT2D eigenvalue weighted by atomic mass is 15.3. The van der Waals surface area contributed by atoms with Crippen molar-refractivity contribution in [1.29, 1.82) is 0 Å². The number of aromatic nitrogens is 3. The van der Waals surface area contributed by atoms with Crippen LogP contribution in [0.1, 0.15) is 13.8 Å². The average Bonchev–Trinajstić information content (AvgIpc) is 2.16. The summed E-state index contributed by atoms with van der Waals surface area (Å²) in [5, 5.41) is 0. The molecule has 15 heavy (non-hydrogen) atoms. The minimum absolute atomic E-state index is 0.108. The largest absolute Gasteiger partial charge is 0.368 e. The lowest BCUT2D eigenvalue weighted by Crippen LogP contribution is -2.14. The highest BCUT2D eigenvalue weighted by molar-refractivity contribution is 5.44. The van der Waals surface area contributed by atoms with Crippen LogP contribution in [0.25, 0.3) is 0 Å².